The Bertz CT molecular complexity index is 498. The molecule has 0 fully saturated rings. The third-order valence-electron chi connectivity index (χ3n) is 3.21. The lowest BCUT2D eigenvalue weighted by Gasteiger charge is -2.26. The van der Waals surface area contributed by atoms with Crippen molar-refractivity contribution in [1.29, 1.82) is 0 Å². The van der Waals surface area contributed by atoms with Crippen molar-refractivity contribution in [2.45, 2.75) is 46.8 Å². The van der Waals surface area contributed by atoms with E-state index in [0.717, 1.165) is 18.1 Å². The molecule has 0 aromatic heterocycles. The molecule has 0 aliphatic rings. The minimum absolute atomic E-state index is 0.264. The molecule has 124 valence electrons. The number of rotatable bonds is 6. The Labute approximate surface area is 138 Å². The second-order valence-electron chi connectivity index (χ2n) is 6.31. The van der Waals surface area contributed by atoms with Gasteiger partial charge in [-0.3, -0.25) is 0 Å². The van der Waals surface area contributed by atoms with E-state index in [2.05, 4.69) is 5.32 Å². The lowest BCUT2D eigenvalue weighted by molar-refractivity contribution is 0.0262. The van der Waals surface area contributed by atoms with Gasteiger partial charge in [0.2, 0.25) is 0 Å². The van der Waals surface area contributed by atoms with Gasteiger partial charge >= 0.3 is 6.09 Å². The first kappa shape index (κ1) is 18.8. The summed E-state index contributed by atoms with van der Waals surface area (Å²) in [6.45, 7) is 12.4. The molecule has 0 aliphatic carbocycles. The Hall–Kier alpha value is -1.26. The molecular weight excluding hydrogens is 300 g/mol. The molecule has 1 aromatic rings. The van der Waals surface area contributed by atoms with Crippen LogP contribution < -0.4 is 5.32 Å². The van der Waals surface area contributed by atoms with Crippen LogP contribution in [0.2, 0.25) is 5.02 Å². The topological polar surface area (TPSA) is 41.6 Å². The number of amides is 1. The average molecular weight is 327 g/mol. The molecule has 22 heavy (non-hydrogen) atoms. The quantitative estimate of drug-likeness (QED) is 0.803. The summed E-state index contributed by atoms with van der Waals surface area (Å²) >= 11 is 5.95. The number of aryl methyl sites for hydroxylation is 1. The van der Waals surface area contributed by atoms with E-state index < -0.39 is 5.60 Å². The molecule has 0 heterocycles. The molecule has 0 aliphatic heterocycles. The summed E-state index contributed by atoms with van der Waals surface area (Å²) in [5.41, 5.74) is 1.92. The Morgan fingerprint density at radius 3 is 2.59 bits per heavy atom. The highest BCUT2D eigenvalue weighted by molar-refractivity contribution is 6.30. The monoisotopic (exact) mass is 326 g/mol. The van der Waals surface area contributed by atoms with E-state index in [4.69, 9.17) is 16.3 Å². The normalized spacial score (nSPS) is 11.4. The zero-order chi connectivity index (χ0) is 16.8. The van der Waals surface area contributed by atoms with E-state index in [1.165, 1.54) is 11.1 Å². The molecule has 0 radical (unpaired) electrons. The molecule has 1 aromatic carbocycles. The predicted octanol–water partition coefficient (Wildman–Crippen LogP) is 4.00. The zero-order valence-corrected chi connectivity index (χ0v) is 15.0. The van der Waals surface area contributed by atoms with E-state index in [1.54, 1.807) is 4.90 Å². The first-order valence-electron chi connectivity index (χ1n) is 7.66. The van der Waals surface area contributed by atoms with Gasteiger partial charge in [-0.2, -0.15) is 0 Å². The van der Waals surface area contributed by atoms with Gasteiger partial charge in [-0.15, -0.1) is 0 Å². The predicted molar refractivity (Wildman–Crippen MR) is 91.4 cm³/mol. The number of hydrogen-bond acceptors (Lipinski definition) is 3. The Morgan fingerprint density at radius 2 is 2.05 bits per heavy atom. The molecule has 1 amide bonds. The maximum absolute atomic E-state index is 12.0. The van der Waals surface area contributed by atoms with Crippen molar-refractivity contribution in [3.63, 3.8) is 0 Å². The van der Waals surface area contributed by atoms with Gasteiger partial charge in [0.05, 0.1) is 0 Å². The van der Waals surface area contributed by atoms with E-state index in [-0.39, 0.29) is 6.09 Å². The molecule has 4 nitrogen and oxygen atoms in total. The Kier molecular flexibility index (Phi) is 7.17. The van der Waals surface area contributed by atoms with Crippen molar-refractivity contribution in [1.82, 2.24) is 10.2 Å². The molecular formula is C17H27ClN2O2. The van der Waals surface area contributed by atoms with Gasteiger partial charge in [0, 0.05) is 31.2 Å². The molecule has 1 N–H and O–H groups in total. The summed E-state index contributed by atoms with van der Waals surface area (Å²) in [6, 6.07) is 5.87. The van der Waals surface area contributed by atoms with Crippen LogP contribution in [0.1, 0.15) is 38.8 Å². The van der Waals surface area contributed by atoms with Crippen molar-refractivity contribution in [2.24, 2.45) is 0 Å². The molecule has 5 heteroatoms. The second-order valence-corrected chi connectivity index (χ2v) is 6.74. The van der Waals surface area contributed by atoms with Crippen LogP contribution >= 0.6 is 11.6 Å². The van der Waals surface area contributed by atoms with E-state index in [9.17, 15) is 4.79 Å². The van der Waals surface area contributed by atoms with Crippen LogP contribution in [0.15, 0.2) is 18.2 Å². The summed E-state index contributed by atoms with van der Waals surface area (Å²) in [5, 5.41) is 4.11. The Morgan fingerprint density at radius 1 is 1.36 bits per heavy atom. The van der Waals surface area contributed by atoms with E-state index in [1.807, 2.05) is 52.8 Å². The summed E-state index contributed by atoms with van der Waals surface area (Å²) in [4.78, 5) is 13.7. The minimum Gasteiger partial charge on any atom is -0.444 e. The van der Waals surface area contributed by atoms with Gasteiger partial charge in [-0.05, 0) is 57.9 Å². The highest BCUT2D eigenvalue weighted by atomic mass is 35.5. The zero-order valence-electron chi connectivity index (χ0n) is 14.2. The molecule has 0 saturated heterocycles. The number of nitrogens with zero attached hydrogens (tertiary/aromatic N) is 1. The van der Waals surface area contributed by atoms with Crippen LogP contribution in [0.3, 0.4) is 0 Å². The maximum Gasteiger partial charge on any atom is 0.410 e. The van der Waals surface area contributed by atoms with Gasteiger partial charge in [-0.1, -0.05) is 17.7 Å². The number of carbonyl (C=O) groups is 1. The number of halogens is 1. The highest BCUT2D eigenvalue weighted by Crippen LogP contribution is 2.15. The summed E-state index contributed by atoms with van der Waals surface area (Å²) < 4.78 is 5.38. The van der Waals surface area contributed by atoms with E-state index in [0.29, 0.717) is 13.1 Å². The summed E-state index contributed by atoms with van der Waals surface area (Å²) in [5.74, 6) is 0. The van der Waals surface area contributed by atoms with Gasteiger partial charge in [-0.25, -0.2) is 4.79 Å². The van der Waals surface area contributed by atoms with Crippen LogP contribution in [-0.4, -0.2) is 36.2 Å². The minimum atomic E-state index is -0.460. The molecule has 0 bridgehead atoms. The summed E-state index contributed by atoms with van der Waals surface area (Å²) in [6.07, 6.45) is -0.264. The summed E-state index contributed by atoms with van der Waals surface area (Å²) in [7, 11) is 0. The molecule has 0 saturated carbocycles. The first-order valence-corrected chi connectivity index (χ1v) is 8.04. The van der Waals surface area contributed by atoms with E-state index >= 15 is 0 Å². The number of hydrogen-bond donors (Lipinski definition) is 1. The van der Waals surface area contributed by atoms with Crippen molar-refractivity contribution in [3.8, 4) is 0 Å². The lowest BCUT2D eigenvalue weighted by Crippen LogP contribution is -2.40. The van der Waals surface area contributed by atoms with Crippen LogP contribution in [-0.2, 0) is 11.3 Å². The number of benzene rings is 1. The fourth-order valence-electron chi connectivity index (χ4n) is 2.00. The average Bonchev–Trinajstić information content (AvgIpc) is 2.38. The third-order valence-corrected chi connectivity index (χ3v) is 3.45. The lowest BCUT2D eigenvalue weighted by atomic mass is 10.1. The molecule has 1 rings (SSSR count). The largest absolute Gasteiger partial charge is 0.444 e. The first-order chi connectivity index (χ1) is 10.2. The number of carbonyl (C=O) groups excluding carboxylic acids is 1. The highest BCUT2D eigenvalue weighted by Gasteiger charge is 2.20. The SMILES string of the molecule is CCN(CCNCc1ccc(Cl)cc1C)C(=O)OC(C)(C)C. The third kappa shape index (κ3) is 6.67. The number of nitrogens with one attached hydrogen (secondary N) is 1. The fraction of sp³-hybridized carbons (Fsp3) is 0.588. The molecule has 0 atom stereocenters. The van der Waals surface area contributed by atoms with Crippen molar-refractivity contribution < 1.29 is 9.53 Å². The smallest absolute Gasteiger partial charge is 0.410 e. The molecule has 0 unspecified atom stereocenters. The van der Waals surface area contributed by atoms with Crippen LogP contribution in [0.25, 0.3) is 0 Å². The molecule has 0 spiro atoms. The van der Waals surface area contributed by atoms with Crippen LogP contribution in [0.5, 0.6) is 0 Å². The Balaban J connectivity index is 2.40. The van der Waals surface area contributed by atoms with Crippen molar-refractivity contribution in [2.75, 3.05) is 19.6 Å². The number of likely N-dealkylation sites (N-methyl/N-ethyl adjacent to an activating group) is 1. The van der Waals surface area contributed by atoms with Gasteiger partial charge < -0.3 is 15.0 Å². The van der Waals surface area contributed by atoms with Crippen molar-refractivity contribution >= 4 is 17.7 Å². The standard InChI is InChI=1S/C17H27ClN2O2/c1-6-20(16(21)22-17(3,4)5)10-9-19-12-14-7-8-15(18)11-13(14)2/h7-8,11,19H,6,9-10,12H2,1-5H3. The van der Waals surface area contributed by atoms with Crippen LogP contribution in [0, 0.1) is 6.92 Å². The van der Waals surface area contributed by atoms with Crippen LogP contribution in [0.4, 0.5) is 4.79 Å². The van der Waals surface area contributed by atoms with Crippen molar-refractivity contribution in [3.05, 3.63) is 34.3 Å². The number of ether oxygens (including phenoxy) is 1. The fourth-order valence-corrected chi connectivity index (χ4v) is 2.23. The second kappa shape index (κ2) is 8.39. The van der Waals surface area contributed by atoms with Gasteiger partial charge in [0.25, 0.3) is 0 Å². The van der Waals surface area contributed by atoms with Gasteiger partial charge in [0.15, 0.2) is 0 Å². The van der Waals surface area contributed by atoms with Gasteiger partial charge in [0.1, 0.15) is 5.60 Å². The maximum atomic E-state index is 12.0.